The van der Waals surface area contributed by atoms with E-state index in [1.54, 1.807) is 4.90 Å². The number of piperazine rings is 1. The van der Waals surface area contributed by atoms with Crippen molar-refractivity contribution in [1.82, 2.24) is 14.7 Å². The minimum atomic E-state index is -0.399. The second-order valence-corrected chi connectivity index (χ2v) is 7.50. The molecule has 3 atom stereocenters. The number of carbonyl (C=O) groups is 2. The molecule has 0 N–H and O–H groups in total. The Morgan fingerprint density at radius 1 is 1.08 bits per heavy atom. The van der Waals surface area contributed by atoms with Gasteiger partial charge in [0.2, 0.25) is 5.91 Å². The topological polar surface area (TPSA) is 53.1 Å². The number of hydrogen-bond donors (Lipinski definition) is 0. The average molecular weight is 359 g/mol. The maximum absolute atomic E-state index is 13.0. The Labute approximate surface area is 155 Å². The van der Waals surface area contributed by atoms with Crippen LogP contribution in [0.5, 0.6) is 0 Å². The third kappa shape index (κ3) is 4.01. The standard InChI is InChI=1S/C20H29N3O3/c1-15-9-10-18(19(24)22-12-11-21(3)16(2)13-22)23(15)20(25)26-14-17-7-5-4-6-8-17/h4-8,15-16,18H,9-14H2,1-3H3/t15-,16-,18+/m1/s1. The molecule has 0 spiro atoms. The van der Waals surface area contributed by atoms with E-state index in [0.717, 1.165) is 25.1 Å². The van der Waals surface area contributed by atoms with Crippen molar-refractivity contribution in [2.24, 2.45) is 0 Å². The molecular weight excluding hydrogens is 330 g/mol. The number of benzene rings is 1. The van der Waals surface area contributed by atoms with Crippen LogP contribution in [-0.2, 0) is 16.1 Å². The summed E-state index contributed by atoms with van der Waals surface area (Å²) in [6, 6.07) is 9.58. The zero-order valence-electron chi connectivity index (χ0n) is 15.9. The fourth-order valence-corrected chi connectivity index (χ4v) is 3.79. The van der Waals surface area contributed by atoms with Gasteiger partial charge >= 0.3 is 6.09 Å². The highest BCUT2D eigenvalue weighted by Gasteiger charge is 2.42. The number of amides is 2. The van der Waals surface area contributed by atoms with Crippen LogP contribution in [-0.4, -0.2) is 71.5 Å². The predicted molar refractivity (Wildman–Crippen MR) is 99.6 cm³/mol. The third-order valence-corrected chi connectivity index (χ3v) is 5.64. The summed E-state index contributed by atoms with van der Waals surface area (Å²) in [7, 11) is 2.08. The van der Waals surface area contributed by atoms with E-state index in [4.69, 9.17) is 4.74 Å². The van der Waals surface area contributed by atoms with Crippen molar-refractivity contribution < 1.29 is 14.3 Å². The summed E-state index contributed by atoms with van der Waals surface area (Å²) in [5, 5.41) is 0. The van der Waals surface area contributed by atoms with Gasteiger partial charge in [0, 0.05) is 31.7 Å². The summed E-state index contributed by atoms with van der Waals surface area (Å²) in [4.78, 5) is 31.5. The molecule has 1 aromatic rings. The molecule has 0 saturated carbocycles. The van der Waals surface area contributed by atoms with Crippen molar-refractivity contribution in [3.8, 4) is 0 Å². The summed E-state index contributed by atoms with van der Waals surface area (Å²) >= 11 is 0. The first-order chi connectivity index (χ1) is 12.5. The van der Waals surface area contributed by atoms with E-state index in [-0.39, 0.29) is 24.6 Å². The molecule has 26 heavy (non-hydrogen) atoms. The predicted octanol–water partition coefficient (Wildman–Crippen LogP) is 2.34. The molecule has 0 aliphatic carbocycles. The van der Waals surface area contributed by atoms with Gasteiger partial charge in [-0.15, -0.1) is 0 Å². The quantitative estimate of drug-likeness (QED) is 0.831. The number of likely N-dealkylation sites (tertiary alicyclic amines) is 1. The Morgan fingerprint density at radius 3 is 2.50 bits per heavy atom. The Kier molecular flexibility index (Phi) is 5.81. The lowest BCUT2D eigenvalue weighted by Crippen LogP contribution is -2.57. The summed E-state index contributed by atoms with van der Waals surface area (Å²) in [6.07, 6.45) is 1.15. The van der Waals surface area contributed by atoms with Gasteiger partial charge in [-0.1, -0.05) is 30.3 Å². The Balaban J connectivity index is 1.63. The van der Waals surface area contributed by atoms with Crippen molar-refractivity contribution in [2.45, 2.75) is 51.4 Å². The van der Waals surface area contributed by atoms with Gasteiger partial charge < -0.3 is 14.5 Å². The lowest BCUT2D eigenvalue weighted by Gasteiger charge is -2.40. The van der Waals surface area contributed by atoms with Crippen LogP contribution in [0.15, 0.2) is 30.3 Å². The van der Waals surface area contributed by atoms with E-state index in [9.17, 15) is 9.59 Å². The SMILES string of the molecule is C[C@@H]1CN(C(=O)[C@@H]2CC[C@@H](C)N2C(=O)OCc2ccccc2)CCN1C. The molecule has 2 fully saturated rings. The zero-order chi connectivity index (χ0) is 18.7. The first-order valence-electron chi connectivity index (χ1n) is 9.45. The van der Waals surface area contributed by atoms with Gasteiger partial charge in [0.25, 0.3) is 0 Å². The Morgan fingerprint density at radius 2 is 1.81 bits per heavy atom. The number of nitrogens with zero attached hydrogens (tertiary/aromatic N) is 3. The van der Waals surface area contributed by atoms with Crippen LogP contribution in [0.25, 0.3) is 0 Å². The maximum atomic E-state index is 13.0. The van der Waals surface area contributed by atoms with E-state index >= 15 is 0 Å². The third-order valence-electron chi connectivity index (χ3n) is 5.64. The van der Waals surface area contributed by atoms with E-state index < -0.39 is 6.04 Å². The second kappa shape index (κ2) is 8.08. The number of rotatable bonds is 3. The van der Waals surface area contributed by atoms with Crippen molar-refractivity contribution >= 4 is 12.0 Å². The molecular formula is C20H29N3O3. The highest BCUT2D eigenvalue weighted by Crippen LogP contribution is 2.27. The minimum Gasteiger partial charge on any atom is -0.445 e. The molecule has 0 aromatic heterocycles. The fraction of sp³-hybridized carbons (Fsp3) is 0.600. The van der Waals surface area contributed by atoms with Crippen molar-refractivity contribution in [2.75, 3.05) is 26.7 Å². The van der Waals surface area contributed by atoms with Crippen molar-refractivity contribution in [3.63, 3.8) is 0 Å². The molecule has 1 aromatic carbocycles. The molecule has 0 unspecified atom stereocenters. The molecule has 3 rings (SSSR count). The van der Waals surface area contributed by atoms with Crippen LogP contribution in [0.4, 0.5) is 4.79 Å². The smallest absolute Gasteiger partial charge is 0.411 e. The van der Waals surface area contributed by atoms with E-state index in [1.807, 2.05) is 42.2 Å². The monoisotopic (exact) mass is 359 g/mol. The van der Waals surface area contributed by atoms with E-state index in [0.29, 0.717) is 19.0 Å². The summed E-state index contributed by atoms with van der Waals surface area (Å²) in [6.45, 7) is 6.65. The molecule has 2 aliphatic heterocycles. The molecule has 2 aliphatic rings. The maximum Gasteiger partial charge on any atom is 0.411 e. The molecule has 0 bridgehead atoms. The molecule has 6 nitrogen and oxygen atoms in total. The van der Waals surface area contributed by atoms with Crippen LogP contribution >= 0.6 is 0 Å². The average Bonchev–Trinajstić information content (AvgIpc) is 3.04. The van der Waals surface area contributed by atoms with Gasteiger partial charge in [0.15, 0.2) is 0 Å². The Hall–Kier alpha value is -2.08. The Bertz CT molecular complexity index is 636. The molecule has 0 radical (unpaired) electrons. The molecule has 2 saturated heterocycles. The van der Waals surface area contributed by atoms with Crippen molar-refractivity contribution in [1.29, 1.82) is 0 Å². The first-order valence-corrected chi connectivity index (χ1v) is 9.45. The van der Waals surface area contributed by atoms with Crippen LogP contribution < -0.4 is 0 Å². The zero-order valence-corrected chi connectivity index (χ0v) is 15.9. The highest BCUT2D eigenvalue weighted by atomic mass is 16.6. The fourth-order valence-electron chi connectivity index (χ4n) is 3.79. The van der Waals surface area contributed by atoms with Crippen LogP contribution in [0.1, 0.15) is 32.3 Å². The lowest BCUT2D eigenvalue weighted by molar-refractivity contribution is -0.138. The van der Waals surface area contributed by atoms with Crippen LogP contribution in [0.3, 0.4) is 0 Å². The number of ether oxygens (including phenoxy) is 1. The van der Waals surface area contributed by atoms with Gasteiger partial charge in [0.1, 0.15) is 12.6 Å². The lowest BCUT2D eigenvalue weighted by atomic mass is 10.1. The second-order valence-electron chi connectivity index (χ2n) is 7.50. The van der Waals surface area contributed by atoms with E-state index in [2.05, 4.69) is 18.9 Å². The molecule has 2 amide bonds. The number of hydrogen-bond acceptors (Lipinski definition) is 4. The van der Waals surface area contributed by atoms with Gasteiger partial charge in [-0.2, -0.15) is 0 Å². The van der Waals surface area contributed by atoms with Gasteiger partial charge in [-0.05, 0) is 39.3 Å². The highest BCUT2D eigenvalue weighted by molar-refractivity contribution is 5.86. The number of carbonyl (C=O) groups excluding carboxylic acids is 2. The minimum absolute atomic E-state index is 0.0251. The molecule has 2 heterocycles. The van der Waals surface area contributed by atoms with Gasteiger partial charge in [-0.3, -0.25) is 9.69 Å². The summed E-state index contributed by atoms with van der Waals surface area (Å²) in [5.74, 6) is 0.0611. The van der Waals surface area contributed by atoms with Gasteiger partial charge in [0.05, 0.1) is 0 Å². The summed E-state index contributed by atoms with van der Waals surface area (Å²) in [5.41, 5.74) is 0.948. The first kappa shape index (κ1) is 18.7. The van der Waals surface area contributed by atoms with Crippen LogP contribution in [0.2, 0.25) is 0 Å². The summed E-state index contributed by atoms with van der Waals surface area (Å²) < 4.78 is 5.50. The normalized spacial score (nSPS) is 26.8. The number of likely N-dealkylation sites (N-methyl/N-ethyl adjacent to an activating group) is 1. The molecule has 142 valence electrons. The van der Waals surface area contributed by atoms with Gasteiger partial charge in [-0.25, -0.2) is 4.79 Å². The van der Waals surface area contributed by atoms with E-state index in [1.165, 1.54) is 0 Å². The van der Waals surface area contributed by atoms with Crippen LogP contribution in [0, 0.1) is 0 Å². The largest absolute Gasteiger partial charge is 0.445 e. The van der Waals surface area contributed by atoms with Crippen molar-refractivity contribution in [3.05, 3.63) is 35.9 Å². The molecule has 6 heteroatoms.